The number of carbonyl (C=O) groups excluding carboxylic acids is 1. The number of thiol groups is 1. The van der Waals surface area contributed by atoms with Gasteiger partial charge < -0.3 is 14.4 Å². The number of carbonyl (C=O) groups is 1. The summed E-state index contributed by atoms with van der Waals surface area (Å²) in [5, 5.41) is 16.4. The van der Waals surface area contributed by atoms with Crippen LogP contribution < -0.4 is 10.3 Å². The topological polar surface area (TPSA) is 185 Å². The molecule has 1 unspecified atom stereocenters. The molecule has 0 saturated carbocycles. The number of likely N-dealkylation sites (tertiary alicyclic amines) is 1. The van der Waals surface area contributed by atoms with Crippen molar-refractivity contribution in [1.82, 2.24) is 30.3 Å². The van der Waals surface area contributed by atoms with E-state index in [2.05, 4.69) is 20.6 Å². The molecule has 0 aliphatic carbocycles. The highest BCUT2D eigenvalue weighted by atomic mass is 32.2. The molecule has 3 N–H and O–H groups in total. The number of rotatable bonds is 9. The number of nitrogens with zero attached hydrogens (tertiary/aromatic N) is 4. The summed E-state index contributed by atoms with van der Waals surface area (Å²) in [5.74, 6) is -0.333. The van der Waals surface area contributed by atoms with E-state index in [1.165, 1.54) is 11.3 Å². The first-order chi connectivity index (χ1) is 18.6. The summed E-state index contributed by atoms with van der Waals surface area (Å²) in [4.78, 5) is 21.0. The summed E-state index contributed by atoms with van der Waals surface area (Å²) in [6.45, 7) is 0.685. The fourth-order valence-electron chi connectivity index (χ4n) is 4.27. The fraction of sp³-hybridized carbons (Fsp3) is 0.304. The third-order valence-electron chi connectivity index (χ3n) is 6.07. The molecule has 2 aromatic carbocycles. The van der Waals surface area contributed by atoms with Gasteiger partial charge in [-0.15, -0.1) is 21.5 Å². The third-order valence-corrected chi connectivity index (χ3v) is 8.92. The number of nitrogens with one attached hydrogen (secondary N) is 2. The largest absolute Gasteiger partial charge is 0.422 e. The number of thiazole rings is 1. The number of sulfone groups is 1. The number of aliphatic hydroxyl groups is 1. The summed E-state index contributed by atoms with van der Waals surface area (Å²) >= 11 is 1.17. The van der Waals surface area contributed by atoms with Crippen LogP contribution in [0.1, 0.15) is 38.8 Å². The van der Waals surface area contributed by atoms with Gasteiger partial charge in [-0.25, -0.2) is 27.2 Å². The van der Waals surface area contributed by atoms with Crippen LogP contribution in [0, 0.1) is 0 Å². The normalized spacial score (nSPS) is 16.8. The Hall–Kier alpha value is -3.28. The van der Waals surface area contributed by atoms with E-state index in [1.54, 1.807) is 29.2 Å². The number of hydrazine groups is 1. The van der Waals surface area contributed by atoms with E-state index in [4.69, 9.17) is 4.42 Å². The van der Waals surface area contributed by atoms with E-state index in [0.29, 0.717) is 30.6 Å². The predicted octanol–water partition coefficient (Wildman–Crippen LogP) is 0.808. The van der Waals surface area contributed by atoms with Crippen molar-refractivity contribution in [2.45, 2.75) is 24.3 Å². The van der Waals surface area contributed by atoms with Crippen LogP contribution in [0.2, 0.25) is 0 Å². The monoisotopic (exact) mass is 592 g/mol. The van der Waals surface area contributed by atoms with Crippen molar-refractivity contribution in [3.63, 3.8) is 0 Å². The Morgan fingerprint density at radius 2 is 2.03 bits per heavy atom. The summed E-state index contributed by atoms with van der Waals surface area (Å²) in [7, 11) is -6.65. The maximum atomic E-state index is 12.9. The summed E-state index contributed by atoms with van der Waals surface area (Å²) < 4.78 is 52.9. The Morgan fingerprint density at radius 1 is 1.23 bits per heavy atom. The highest BCUT2D eigenvalue weighted by molar-refractivity contribution is 7.91. The molecule has 4 aromatic rings. The van der Waals surface area contributed by atoms with Crippen molar-refractivity contribution < 1.29 is 31.2 Å². The lowest BCUT2D eigenvalue weighted by Crippen LogP contribution is -2.29. The summed E-state index contributed by atoms with van der Waals surface area (Å²) in [6.07, 6.45) is 1.11. The zero-order valence-corrected chi connectivity index (χ0v) is 23.0. The first-order valence-electron chi connectivity index (χ1n) is 11.7. The molecule has 206 valence electrons. The quantitative estimate of drug-likeness (QED) is 0.159. The van der Waals surface area contributed by atoms with Gasteiger partial charge in [0.15, 0.2) is 15.1 Å². The van der Waals surface area contributed by atoms with Crippen LogP contribution in [-0.2, 0) is 27.3 Å². The average Bonchev–Trinajstić information content (AvgIpc) is 3.62. The molecule has 2 atom stereocenters. The van der Waals surface area contributed by atoms with Crippen LogP contribution in [0.15, 0.2) is 46.9 Å². The minimum absolute atomic E-state index is 0.00994. The van der Waals surface area contributed by atoms with Crippen molar-refractivity contribution in [2.24, 2.45) is 0 Å². The van der Waals surface area contributed by atoms with Crippen molar-refractivity contribution >= 4 is 48.2 Å². The zero-order chi connectivity index (χ0) is 27.7. The van der Waals surface area contributed by atoms with Crippen molar-refractivity contribution in [2.75, 3.05) is 19.3 Å². The SMILES string of the molecule is CS(=O)(=O)C(c1nnc(CNN[SH](=O)=O)o1)c1nc2ccc(-c3cccc(C(=O)N4CC[C@H](O)C4)c3)cc2s1. The van der Waals surface area contributed by atoms with Gasteiger partial charge in [0.25, 0.3) is 5.91 Å². The van der Waals surface area contributed by atoms with Crippen LogP contribution in [0.25, 0.3) is 21.3 Å². The molecular formula is C23H24N6O7S3. The molecule has 5 rings (SSSR count). The van der Waals surface area contributed by atoms with Crippen LogP contribution in [-0.4, -0.2) is 73.4 Å². The average molecular weight is 593 g/mol. The highest BCUT2D eigenvalue weighted by Gasteiger charge is 2.34. The molecule has 1 saturated heterocycles. The number of benzene rings is 2. The van der Waals surface area contributed by atoms with Crippen LogP contribution in [0.5, 0.6) is 0 Å². The van der Waals surface area contributed by atoms with Gasteiger partial charge in [0.1, 0.15) is 5.01 Å². The maximum Gasteiger partial charge on any atom is 0.253 e. The molecular weight excluding hydrogens is 568 g/mol. The van der Waals surface area contributed by atoms with Gasteiger partial charge in [0.2, 0.25) is 22.7 Å². The van der Waals surface area contributed by atoms with Gasteiger partial charge in [-0.3, -0.25) is 4.79 Å². The molecule has 1 fully saturated rings. The number of aromatic nitrogens is 3. The Morgan fingerprint density at radius 3 is 2.74 bits per heavy atom. The van der Waals surface area contributed by atoms with Gasteiger partial charge in [0.05, 0.1) is 22.9 Å². The number of β-amino-alcohol motifs (C(OH)–C–C–N with tert-alkyl or cyclic N) is 1. The number of aliphatic hydroxyl groups excluding tert-OH is 1. The second-order valence-electron chi connectivity index (χ2n) is 8.98. The molecule has 3 heterocycles. The van der Waals surface area contributed by atoms with Gasteiger partial charge in [-0.05, 0) is 41.8 Å². The Bertz CT molecular complexity index is 1710. The van der Waals surface area contributed by atoms with Crippen molar-refractivity contribution in [3.8, 4) is 11.1 Å². The van der Waals surface area contributed by atoms with Gasteiger partial charge >= 0.3 is 0 Å². The van der Waals surface area contributed by atoms with Crippen LogP contribution >= 0.6 is 11.3 Å². The first kappa shape index (κ1) is 27.3. The van der Waals surface area contributed by atoms with Crippen LogP contribution in [0.4, 0.5) is 0 Å². The minimum atomic E-state index is -3.77. The fourth-order valence-corrected chi connectivity index (χ4v) is 7.01. The molecule has 1 aliphatic heterocycles. The smallest absolute Gasteiger partial charge is 0.253 e. The van der Waals surface area contributed by atoms with E-state index >= 15 is 0 Å². The lowest BCUT2D eigenvalue weighted by atomic mass is 10.0. The van der Waals surface area contributed by atoms with E-state index in [0.717, 1.165) is 22.1 Å². The number of hydrogen-bond acceptors (Lipinski definition) is 12. The number of amides is 1. The van der Waals surface area contributed by atoms with Gasteiger partial charge in [0, 0.05) is 24.9 Å². The molecule has 16 heteroatoms. The molecule has 1 amide bonds. The number of hydrogen-bond donors (Lipinski definition) is 4. The van der Waals surface area contributed by atoms with E-state index < -0.39 is 32.1 Å². The second-order valence-corrected chi connectivity index (χ2v) is 12.9. The second kappa shape index (κ2) is 11.1. The standard InChI is InChI=1S/C23H24N6O7S3/c1-39(34,35)20(21-27-26-19(36-21)11-24-28-38(32)33)22-25-17-6-5-14(10-18(17)37-22)13-3-2-4-15(9-13)23(31)29-8-7-16(30)12-29/h2-6,9-10,16,20,24,30,38H,7-8,11-12H2,1H3,(H,28,32,33)/t16-,20?/m0/s1. The highest BCUT2D eigenvalue weighted by Crippen LogP contribution is 2.36. The lowest BCUT2D eigenvalue weighted by molar-refractivity contribution is 0.0765. The molecule has 13 nitrogen and oxygen atoms in total. The van der Waals surface area contributed by atoms with E-state index in [-0.39, 0.29) is 29.2 Å². The summed E-state index contributed by atoms with van der Waals surface area (Å²) in [6, 6.07) is 12.7. The van der Waals surface area contributed by atoms with Gasteiger partial charge in [-0.2, -0.15) is 4.83 Å². The number of fused-ring (bicyclic) bond motifs is 1. The Labute approximate surface area is 228 Å². The first-order valence-corrected chi connectivity index (χ1v) is 15.7. The minimum Gasteiger partial charge on any atom is -0.422 e. The van der Waals surface area contributed by atoms with Crippen LogP contribution in [0.3, 0.4) is 0 Å². The summed E-state index contributed by atoms with van der Waals surface area (Å²) in [5.41, 5.74) is 5.08. The Kier molecular flexibility index (Phi) is 7.75. The predicted molar refractivity (Wildman–Crippen MR) is 143 cm³/mol. The molecule has 2 aromatic heterocycles. The molecule has 0 radical (unpaired) electrons. The molecule has 0 bridgehead atoms. The van der Waals surface area contributed by atoms with Crippen molar-refractivity contribution in [1.29, 1.82) is 0 Å². The molecule has 0 spiro atoms. The lowest BCUT2D eigenvalue weighted by Gasteiger charge is -2.16. The molecule has 1 aliphatic rings. The van der Waals surface area contributed by atoms with E-state index in [1.807, 2.05) is 23.0 Å². The third kappa shape index (κ3) is 6.15. The van der Waals surface area contributed by atoms with Gasteiger partial charge in [-0.1, -0.05) is 18.2 Å². The maximum absolute atomic E-state index is 12.9. The van der Waals surface area contributed by atoms with E-state index in [9.17, 15) is 26.7 Å². The Balaban J connectivity index is 1.43. The molecule has 39 heavy (non-hydrogen) atoms. The zero-order valence-electron chi connectivity index (χ0n) is 20.5. The van der Waals surface area contributed by atoms with Crippen molar-refractivity contribution in [3.05, 3.63) is 64.8 Å².